The van der Waals surface area contributed by atoms with E-state index in [4.69, 9.17) is 0 Å². The molecule has 0 radical (unpaired) electrons. The lowest BCUT2D eigenvalue weighted by Gasteiger charge is -2.31. The third kappa shape index (κ3) is 2.39. The quantitative estimate of drug-likeness (QED) is 0.648. The summed E-state index contributed by atoms with van der Waals surface area (Å²) < 4.78 is 0.472. The van der Waals surface area contributed by atoms with Gasteiger partial charge >= 0.3 is 0 Å². The van der Waals surface area contributed by atoms with Crippen LogP contribution in [0.2, 0.25) is 0 Å². The summed E-state index contributed by atoms with van der Waals surface area (Å²) in [5, 5.41) is 0.757. The predicted octanol–water partition coefficient (Wildman–Crippen LogP) is 3.27. The van der Waals surface area contributed by atoms with E-state index in [1.807, 2.05) is 23.5 Å². The molecule has 2 atom stereocenters. The van der Waals surface area contributed by atoms with E-state index in [1.165, 1.54) is 6.42 Å². The lowest BCUT2D eigenvalue weighted by atomic mass is 10.1. The molecule has 0 nitrogen and oxygen atoms in total. The second-order valence-electron chi connectivity index (χ2n) is 2.75. The maximum absolute atomic E-state index is 2.35. The highest BCUT2D eigenvalue weighted by molar-refractivity contribution is 8.03. The first-order chi connectivity index (χ1) is 4.60. The van der Waals surface area contributed by atoms with E-state index in [1.54, 1.807) is 0 Å². The molecule has 0 saturated carbocycles. The van der Waals surface area contributed by atoms with Gasteiger partial charge in [-0.1, -0.05) is 13.8 Å². The van der Waals surface area contributed by atoms with Gasteiger partial charge in [0.2, 0.25) is 0 Å². The van der Waals surface area contributed by atoms with Crippen LogP contribution >= 0.6 is 23.5 Å². The minimum Gasteiger partial charge on any atom is -0.161 e. The Labute approximate surface area is 73.5 Å². The van der Waals surface area contributed by atoms with Crippen molar-refractivity contribution >= 4 is 23.5 Å². The molecule has 0 saturated heterocycles. The van der Waals surface area contributed by atoms with Gasteiger partial charge in [-0.15, -0.1) is 0 Å². The van der Waals surface area contributed by atoms with Crippen LogP contribution in [0.1, 0.15) is 27.2 Å². The summed E-state index contributed by atoms with van der Waals surface area (Å²) in [6, 6.07) is 0. The topological polar surface area (TPSA) is 0 Å². The molecule has 0 aliphatic heterocycles. The van der Waals surface area contributed by atoms with Crippen molar-refractivity contribution in [2.75, 3.05) is 12.5 Å². The first-order valence-corrected chi connectivity index (χ1v) is 6.20. The minimum absolute atomic E-state index is 0.472. The van der Waals surface area contributed by atoms with Gasteiger partial charge in [0.15, 0.2) is 0 Å². The monoisotopic (exact) mass is 178 g/mol. The van der Waals surface area contributed by atoms with Crippen molar-refractivity contribution < 1.29 is 0 Å². The van der Waals surface area contributed by atoms with Gasteiger partial charge in [-0.05, 0) is 25.9 Å². The van der Waals surface area contributed by atoms with Crippen LogP contribution in [0.3, 0.4) is 0 Å². The maximum Gasteiger partial charge on any atom is 0.0242 e. The molecule has 0 fully saturated rings. The van der Waals surface area contributed by atoms with E-state index in [0.717, 1.165) is 5.25 Å². The zero-order chi connectivity index (χ0) is 8.20. The molecular formula is C8H18S2. The van der Waals surface area contributed by atoms with Crippen LogP contribution in [0.5, 0.6) is 0 Å². The summed E-state index contributed by atoms with van der Waals surface area (Å²) in [5.41, 5.74) is 0. The van der Waals surface area contributed by atoms with Crippen molar-refractivity contribution in [3.05, 3.63) is 0 Å². The standard InChI is InChI=1S/C8H18S2/c1-6-8(3,10-5)7(2)9-4/h7H,6H2,1-5H3. The Balaban J connectivity index is 4.02. The summed E-state index contributed by atoms with van der Waals surface area (Å²) in [5.74, 6) is 0. The van der Waals surface area contributed by atoms with E-state index in [-0.39, 0.29) is 0 Å². The average Bonchev–Trinajstić information content (AvgIpc) is 2.01. The largest absolute Gasteiger partial charge is 0.161 e. The van der Waals surface area contributed by atoms with Crippen LogP contribution < -0.4 is 0 Å². The van der Waals surface area contributed by atoms with Crippen molar-refractivity contribution in [3.63, 3.8) is 0 Å². The van der Waals surface area contributed by atoms with E-state index in [9.17, 15) is 0 Å². The SMILES string of the molecule is CCC(C)(SC)C(C)SC. The Kier molecular flexibility index (Phi) is 4.87. The highest BCUT2D eigenvalue weighted by Crippen LogP contribution is 2.35. The number of rotatable bonds is 4. The van der Waals surface area contributed by atoms with Gasteiger partial charge in [0.25, 0.3) is 0 Å². The third-order valence-electron chi connectivity index (χ3n) is 2.38. The molecule has 10 heavy (non-hydrogen) atoms. The Morgan fingerprint density at radius 3 is 2.00 bits per heavy atom. The van der Waals surface area contributed by atoms with Crippen LogP contribution in [0, 0.1) is 0 Å². The zero-order valence-electron chi connectivity index (χ0n) is 7.60. The Bertz CT molecular complexity index is 87.3. The molecule has 0 aliphatic rings. The normalized spacial score (nSPS) is 20.1. The van der Waals surface area contributed by atoms with Crippen LogP contribution in [-0.2, 0) is 0 Å². The summed E-state index contributed by atoms with van der Waals surface area (Å²) in [6.07, 6.45) is 5.65. The summed E-state index contributed by atoms with van der Waals surface area (Å²) in [4.78, 5) is 0. The van der Waals surface area contributed by atoms with Crippen molar-refractivity contribution in [1.29, 1.82) is 0 Å². The fourth-order valence-electron chi connectivity index (χ4n) is 0.847. The summed E-state index contributed by atoms with van der Waals surface area (Å²) in [7, 11) is 0. The Morgan fingerprint density at radius 1 is 1.40 bits per heavy atom. The average molecular weight is 178 g/mol. The smallest absolute Gasteiger partial charge is 0.0242 e. The van der Waals surface area contributed by atoms with E-state index in [0.29, 0.717) is 4.75 Å². The van der Waals surface area contributed by atoms with Gasteiger partial charge in [-0.25, -0.2) is 0 Å². The Morgan fingerprint density at radius 2 is 1.90 bits per heavy atom. The summed E-state index contributed by atoms with van der Waals surface area (Å²) in [6.45, 7) is 6.92. The molecule has 2 heteroatoms. The molecule has 0 rings (SSSR count). The molecule has 0 spiro atoms. The molecular weight excluding hydrogens is 160 g/mol. The van der Waals surface area contributed by atoms with E-state index in [2.05, 4.69) is 33.3 Å². The fraction of sp³-hybridized carbons (Fsp3) is 1.00. The van der Waals surface area contributed by atoms with Crippen molar-refractivity contribution in [2.45, 2.75) is 37.2 Å². The minimum atomic E-state index is 0.472. The number of hydrogen-bond acceptors (Lipinski definition) is 2. The predicted molar refractivity (Wildman–Crippen MR) is 55.2 cm³/mol. The van der Waals surface area contributed by atoms with Gasteiger partial charge in [-0.3, -0.25) is 0 Å². The summed E-state index contributed by atoms with van der Waals surface area (Å²) >= 11 is 3.94. The highest BCUT2D eigenvalue weighted by Gasteiger charge is 2.27. The molecule has 0 heterocycles. The molecule has 0 aromatic heterocycles. The van der Waals surface area contributed by atoms with Crippen LogP contribution in [0.15, 0.2) is 0 Å². The molecule has 0 aromatic rings. The first-order valence-electron chi connectivity index (χ1n) is 3.68. The lowest BCUT2D eigenvalue weighted by molar-refractivity contribution is 0.616. The van der Waals surface area contributed by atoms with Crippen molar-refractivity contribution in [1.82, 2.24) is 0 Å². The van der Waals surface area contributed by atoms with Gasteiger partial charge < -0.3 is 0 Å². The van der Waals surface area contributed by atoms with Gasteiger partial charge in [0.1, 0.15) is 0 Å². The Hall–Kier alpha value is 0.700. The molecule has 2 unspecified atom stereocenters. The van der Waals surface area contributed by atoms with Crippen LogP contribution in [0.25, 0.3) is 0 Å². The molecule has 0 bridgehead atoms. The van der Waals surface area contributed by atoms with E-state index < -0.39 is 0 Å². The van der Waals surface area contributed by atoms with Gasteiger partial charge in [0, 0.05) is 10.00 Å². The zero-order valence-corrected chi connectivity index (χ0v) is 9.23. The van der Waals surface area contributed by atoms with Gasteiger partial charge in [0.05, 0.1) is 0 Å². The van der Waals surface area contributed by atoms with Crippen LogP contribution in [-0.4, -0.2) is 22.5 Å². The second-order valence-corrected chi connectivity index (χ2v) is 5.27. The molecule has 0 aromatic carbocycles. The molecule has 0 amide bonds. The maximum atomic E-state index is 2.35. The molecule has 0 N–H and O–H groups in total. The lowest BCUT2D eigenvalue weighted by Crippen LogP contribution is -2.30. The first kappa shape index (κ1) is 10.7. The van der Waals surface area contributed by atoms with E-state index >= 15 is 0 Å². The van der Waals surface area contributed by atoms with Crippen LogP contribution in [0.4, 0.5) is 0 Å². The van der Waals surface area contributed by atoms with Crippen molar-refractivity contribution in [2.24, 2.45) is 0 Å². The molecule has 62 valence electrons. The second kappa shape index (κ2) is 4.55. The van der Waals surface area contributed by atoms with Crippen molar-refractivity contribution in [3.8, 4) is 0 Å². The van der Waals surface area contributed by atoms with Gasteiger partial charge in [-0.2, -0.15) is 23.5 Å². The fourth-order valence-corrected chi connectivity index (χ4v) is 2.71. The number of thioether (sulfide) groups is 2. The number of hydrogen-bond donors (Lipinski definition) is 0. The molecule has 0 aliphatic carbocycles. The highest BCUT2D eigenvalue weighted by atomic mass is 32.2. The third-order valence-corrected chi connectivity index (χ3v) is 5.33.